The van der Waals surface area contributed by atoms with Crippen molar-refractivity contribution in [3.05, 3.63) is 47.5 Å². The molecule has 1 atom stereocenters. The van der Waals surface area contributed by atoms with Crippen LogP contribution >= 0.6 is 0 Å². The molecule has 22 heavy (non-hydrogen) atoms. The molecule has 0 heterocycles. The molecule has 0 aliphatic heterocycles. The predicted molar refractivity (Wildman–Crippen MR) is 89.1 cm³/mol. The molecule has 5 heteroatoms. The minimum absolute atomic E-state index is 0.00915. The van der Waals surface area contributed by atoms with E-state index in [4.69, 9.17) is 0 Å². The number of aliphatic imine (C=N–C) groups is 2. The molecule has 1 N–H and O–H groups in total. The Kier molecular flexibility index (Phi) is 7.27. The molecule has 0 radical (unpaired) electrons. The van der Waals surface area contributed by atoms with Gasteiger partial charge in [-0.05, 0) is 18.1 Å². The van der Waals surface area contributed by atoms with E-state index < -0.39 is 5.91 Å². The normalized spacial score (nSPS) is 13.7. The lowest BCUT2D eigenvalue weighted by Gasteiger charge is -2.17. The number of allylic oxidation sites excluding steroid dienone is 1. The standard InChI is InChI=1S/C17H20N4O/c1-4-16(13-8-6-5-7-9-13)21-17(22)14(11-18)10-15(20-3)12-19-2/h5-10,12,16H,4H2,1-3H3,(H,21,22). The zero-order valence-electron chi connectivity index (χ0n) is 13.1. The summed E-state index contributed by atoms with van der Waals surface area (Å²) in [7, 11) is 3.19. The molecule has 1 aromatic rings. The Hall–Kier alpha value is -2.74. The van der Waals surface area contributed by atoms with E-state index in [1.165, 1.54) is 12.3 Å². The number of carbonyl (C=O) groups excluding carboxylic acids is 1. The summed E-state index contributed by atoms with van der Waals surface area (Å²) < 4.78 is 0. The van der Waals surface area contributed by atoms with Crippen LogP contribution in [0.2, 0.25) is 0 Å². The Morgan fingerprint density at radius 2 is 2.05 bits per heavy atom. The van der Waals surface area contributed by atoms with Gasteiger partial charge in [-0.15, -0.1) is 0 Å². The van der Waals surface area contributed by atoms with E-state index in [2.05, 4.69) is 15.3 Å². The third-order valence-corrected chi connectivity index (χ3v) is 3.09. The van der Waals surface area contributed by atoms with E-state index in [9.17, 15) is 10.1 Å². The van der Waals surface area contributed by atoms with Gasteiger partial charge in [-0.25, -0.2) is 0 Å². The average Bonchev–Trinajstić information content (AvgIpc) is 2.56. The molecular formula is C17H20N4O. The van der Waals surface area contributed by atoms with Crippen molar-refractivity contribution in [3.8, 4) is 6.07 Å². The van der Waals surface area contributed by atoms with Gasteiger partial charge in [0.15, 0.2) is 0 Å². The smallest absolute Gasteiger partial charge is 0.262 e. The van der Waals surface area contributed by atoms with E-state index in [1.807, 2.05) is 43.3 Å². The summed E-state index contributed by atoms with van der Waals surface area (Å²) in [5.41, 5.74) is 1.49. The predicted octanol–water partition coefficient (Wildman–Crippen LogP) is 2.48. The van der Waals surface area contributed by atoms with Gasteiger partial charge in [0, 0.05) is 20.3 Å². The Labute approximate surface area is 131 Å². The summed E-state index contributed by atoms with van der Waals surface area (Å²) >= 11 is 0. The molecule has 0 bridgehead atoms. The van der Waals surface area contributed by atoms with E-state index >= 15 is 0 Å². The summed E-state index contributed by atoms with van der Waals surface area (Å²) in [6.07, 6.45) is 3.67. The fraction of sp³-hybridized carbons (Fsp3) is 0.294. The van der Waals surface area contributed by atoms with Crippen molar-refractivity contribution in [1.82, 2.24) is 5.32 Å². The lowest BCUT2D eigenvalue weighted by molar-refractivity contribution is -0.117. The summed E-state index contributed by atoms with van der Waals surface area (Å²) in [5.74, 6) is -0.413. The molecular weight excluding hydrogens is 276 g/mol. The molecule has 1 aromatic carbocycles. The van der Waals surface area contributed by atoms with Crippen LogP contribution in [0, 0.1) is 11.3 Å². The molecule has 0 aliphatic rings. The van der Waals surface area contributed by atoms with E-state index in [1.54, 1.807) is 14.1 Å². The fourth-order valence-corrected chi connectivity index (χ4v) is 1.93. The van der Waals surface area contributed by atoms with Crippen molar-refractivity contribution >= 4 is 17.8 Å². The monoisotopic (exact) mass is 296 g/mol. The summed E-state index contributed by atoms with van der Waals surface area (Å²) in [4.78, 5) is 20.1. The SMILES string of the molecule is CCC(NC(=O)C(C#N)=CC(C=NC)=NC)c1ccccc1. The first-order chi connectivity index (χ1) is 10.7. The van der Waals surface area contributed by atoms with Crippen molar-refractivity contribution in [3.63, 3.8) is 0 Å². The number of hydrogen-bond acceptors (Lipinski definition) is 4. The second-order valence-corrected chi connectivity index (χ2v) is 4.55. The number of rotatable bonds is 6. The number of hydrogen-bond donors (Lipinski definition) is 1. The van der Waals surface area contributed by atoms with Crippen LogP contribution in [0.25, 0.3) is 0 Å². The van der Waals surface area contributed by atoms with Gasteiger partial charge in [0.1, 0.15) is 11.6 Å². The first-order valence-corrected chi connectivity index (χ1v) is 7.02. The third-order valence-electron chi connectivity index (χ3n) is 3.09. The van der Waals surface area contributed by atoms with E-state index in [0.29, 0.717) is 5.71 Å². The highest BCUT2D eigenvalue weighted by atomic mass is 16.1. The zero-order chi connectivity index (χ0) is 16.4. The minimum Gasteiger partial charge on any atom is -0.345 e. The Morgan fingerprint density at radius 1 is 1.36 bits per heavy atom. The second kappa shape index (κ2) is 9.24. The first kappa shape index (κ1) is 17.3. The summed E-state index contributed by atoms with van der Waals surface area (Å²) in [5, 5.41) is 12.1. The molecule has 0 spiro atoms. The molecule has 0 saturated carbocycles. The van der Waals surface area contributed by atoms with Crippen LogP contribution in [0.4, 0.5) is 0 Å². The van der Waals surface area contributed by atoms with Crippen LogP contribution in [0.1, 0.15) is 24.9 Å². The molecule has 0 aromatic heterocycles. The van der Waals surface area contributed by atoms with Gasteiger partial charge in [0.2, 0.25) is 0 Å². The van der Waals surface area contributed by atoms with Crippen LogP contribution in [-0.2, 0) is 4.79 Å². The van der Waals surface area contributed by atoms with Crippen molar-refractivity contribution in [1.29, 1.82) is 5.26 Å². The molecule has 0 fully saturated rings. The highest BCUT2D eigenvalue weighted by molar-refractivity contribution is 6.37. The number of nitrogens with one attached hydrogen (secondary N) is 1. The first-order valence-electron chi connectivity index (χ1n) is 7.02. The lowest BCUT2D eigenvalue weighted by Crippen LogP contribution is -2.29. The number of nitriles is 1. The van der Waals surface area contributed by atoms with Gasteiger partial charge in [0.05, 0.1) is 11.8 Å². The Balaban J connectivity index is 2.93. The minimum atomic E-state index is -0.413. The lowest BCUT2D eigenvalue weighted by atomic mass is 10.0. The largest absolute Gasteiger partial charge is 0.345 e. The van der Waals surface area contributed by atoms with Crippen molar-refractivity contribution in [2.75, 3.05) is 14.1 Å². The molecule has 0 saturated heterocycles. The number of amides is 1. The van der Waals surface area contributed by atoms with Crippen molar-refractivity contribution in [2.24, 2.45) is 9.98 Å². The van der Waals surface area contributed by atoms with Gasteiger partial charge in [-0.1, -0.05) is 37.3 Å². The van der Waals surface area contributed by atoms with Gasteiger partial charge in [0.25, 0.3) is 5.91 Å². The fourth-order valence-electron chi connectivity index (χ4n) is 1.93. The van der Waals surface area contributed by atoms with Crippen molar-refractivity contribution < 1.29 is 4.79 Å². The van der Waals surface area contributed by atoms with Gasteiger partial charge in [-0.2, -0.15) is 5.26 Å². The maximum absolute atomic E-state index is 12.3. The van der Waals surface area contributed by atoms with Gasteiger partial charge >= 0.3 is 0 Å². The highest BCUT2D eigenvalue weighted by Gasteiger charge is 2.16. The summed E-state index contributed by atoms with van der Waals surface area (Å²) in [6, 6.07) is 11.4. The van der Waals surface area contributed by atoms with Gasteiger partial charge in [-0.3, -0.25) is 14.8 Å². The number of nitrogens with zero attached hydrogens (tertiary/aromatic N) is 3. The van der Waals surface area contributed by atoms with E-state index in [-0.39, 0.29) is 11.6 Å². The van der Waals surface area contributed by atoms with Crippen LogP contribution in [0.15, 0.2) is 52.0 Å². The molecule has 1 rings (SSSR count). The van der Waals surface area contributed by atoms with Gasteiger partial charge < -0.3 is 5.32 Å². The van der Waals surface area contributed by atoms with Crippen LogP contribution in [0.3, 0.4) is 0 Å². The average molecular weight is 296 g/mol. The summed E-state index contributed by atoms with van der Waals surface area (Å²) in [6.45, 7) is 1.98. The van der Waals surface area contributed by atoms with Crippen molar-refractivity contribution in [2.45, 2.75) is 19.4 Å². The van der Waals surface area contributed by atoms with E-state index in [0.717, 1.165) is 12.0 Å². The maximum Gasteiger partial charge on any atom is 0.262 e. The highest BCUT2D eigenvalue weighted by Crippen LogP contribution is 2.16. The molecule has 114 valence electrons. The quantitative estimate of drug-likeness (QED) is 0.497. The van der Waals surface area contributed by atoms with Crippen LogP contribution in [0.5, 0.6) is 0 Å². The third kappa shape index (κ3) is 4.98. The number of carbonyl (C=O) groups is 1. The molecule has 1 amide bonds. The molecule has 0 aliphatic carbocycles. The Morgan fingerprint density at radius 3 is 2.55 bits per heavy atom. The van der Waals surface area contributed by atoms with Crippen LogP contribution in [-0.4, -0.2) is 31.9 Å². The topological polar surface area (TPSA) is 77.6 Å². The maximum atomic E-state index is 12.3. The number of benzene rings is 1. The van der Waals surface area contributed by atoms with Crippen LogP contribution < -0.4 is 5.32 Å². The molecule has 5 nitrogen and oxygen atoms in total. The second-order valence-electron chi connectivity index (χ2n) is 4.55. The Bertz CT molecular complexity index is 624. The zero-order valence-corrected chi connectivity index (χ0v) is 13.1. The molecule has 1 unspecified atom stereocenters.